The molecule has 0 N–H and O–H groups in total. The first kappa shape index (κ1) is 10.6. The van der Waals surface area contributed by atoms with E-state index in [9.17, 15) is 0 Å². The van der Waals surface area contributed by atoms with Gasteiger partial charge in [-0.1, -0.05) is 6.92 Å². The number of aryl methyl sites for hydroxylation is 2. The van der Waals surface area contributed by atoms with Gasteiger partial charge in [0.15, 0.2) is 0 Å². The maximum absolute atomic E-state index is 5.21. The Morgan fingerprint density at radius 3 is 2.81 bits per heavy atom. The number of hydrogen-bond donors (Lipinski definition) is 0. The van der Waals surface area contributed by atoms with Crippen LogP contribution in [0.15, 0.2) is 16.9 Å². The number of rotatable bonds is 3. The molecule has 2 rings (SSSR count). The highest BCUT2D eigenvalue weighted by Crippen LogP contribution is 2.26. The van der Waals surface area contributed by atoms with Crippen LogP contribution in [-0.4, -0.2) is 22.3 Å². The molecule has 2 aromatic rings. The van der Waals surface area contributed by atoms with E-state index in [0.717, 1.165) is 23.2 Å². The number of methoxy groups -OCH3 is 1. The third kappa shape index (κ3) is 1.76. The summed E-state index contributed by atoms with van der Waals surface area (Å²) < 4.78 is 10.4. The van der Waals surface area contributed by atoms with Crippen molar-refractivity contribution < 1.29 is 9.15 Å². The van der Waals surface area contributed by atoms with Gasteiger partial charge in [-0.05, 0) is 19.4 Å². The van der Waals surface area contributed by atoms with Crippen molar-refractivity contribution in [2.45, 2.75) is 20.3 Å². The summed E-state index contributed by atoms with van der Waals surface area (Å²) in [7, 11) is 1.62. The summed E-state index contributed by atoms with van der Waals surface area (Å²) in [6.45, 7) is 3.94. The molecule has 0 saturated carbocycles. The average molecular weight is 219 g/mol. The zero-order chi connectivity index (χ0) is 11.5. The van der Waals surface area contributed by atoms with Crippen molar-refractivity contribution in [2.75, 3.05) is 7.11 Å². The van der Waals surface area contributed by atoms with Crippen molar-refractivity contribution >= 4 is 0 Å². The van der Waals surface area contributed by atoms with Crippen LogP contribution in [0.5, 0.6) is 5.88 Å². The average Bonchev–Trinajstić information content (AvgIpc) is 2.82. The SMILES string of the molecule is CCc1cc(-c2nnco2)c(C)nc1OC. The fourth-order valence-corrected chi connectivity index (χ4v) is 1.56. The minimum Gasteiger partial charge on any atom is -0.481 e. The second-order valence-electron chi connectivity index (χ2n) is 3.39. The molecule has 0 radical (unpaired) electrons. The summed E-state index contributed by atoms with van der Waals surface area (Å²) in [5.41, 5.74) is 2.70. The zero-order valence-corrected chi connectivity index (χ0v) is 9.52. The molecule has 0 aliphatic rings. The van der Waals surface area contributed by atoms with Crippen LogP contribution >= 0.6 is 0 Å². The normalized spacial score (nSPS) is 10.4. The van der Waals surface area contributed by atoms with E-state index in [1.165, 1.54) is 6.39 Å². The molecule has 0 aromatic carbocycles. The highest BCUT2D eigenvalue weighted by atomic mass is 16.5. The molecule has 0 fully saturated rings. The Hall–Kier alpha value is -1.91. The largest absolute Gasteiger partial charge is 0.481 e. The Morgan fingerprint density at radius 2 is 2.25 bits per heavy atom. The lowest BCUT2D eigenvalue weighted by molar-refractivity contribution is 0.392. The van der Waals surface area contributed by atoms with Gasteiger partial charge in [0.1, 0.15) is 0 Å². The Morgan fingerprint density at radius 1 is 1.44 bits per heavy atom. The molecule has 5 nitrogen and oxygen atoms in total. The van der Waals surface area contributed by atoms with E-state index in [1.54, 1.807) is 7.11 Å². The molecule has 0 saturated heterocycles. The number of pyridine rings is 1. The van der Waals surface area contributed by atoms with Crippen LogP contribution < -0.4 is 4.74 Å². The second kappa shape index (κ2) is 4.30. The summed E-state index contributed by atoms with van der Waals surface area (Å²) >= 11 is 0. The molecular weight excluding hydrogens is 206 g/mol. The van der Waals surface area contributed by atoms with Crippen LogP contribution in [0.1, 0.15) is 18.2 Å². The van der Waals surface area contributed by atoms with Crippen LogP contribution in [-0.2, 0) is 6.42 Å². The molecule has 84 valence electrons. The Bertz CT molecular complexity index is 480. The van der Waals surface area contributed by atoms with Crippen molar-refractivity contribution in [2.24, 2.45) is 0 Å². The van der Waals surface area contributed by atoms with Gasteiger partial charge in [0, 0.05) is 5.56 Å². The van der Waals surface area contributed by atoms with Gasteiger partial charge in [-0.3, -0.25) is 0 Å². The quantitative estimate of drug-likeness (QED) is 0.790. The lowest BCUT2D eigenvalue weighted by Crippen LogP contribution is -1.98. The Kier molecular flexibility index (Phi) is 2.85. The third-order valence-corrected chi connectivity index (χ3v) is 2.42. The van der Waals surface area contributed by atoms with Gasteiger partial charge in [0.25, 0.3) is 0 Å². The Labute approximate surface area is 93.5 Å². The van der Waals surface area contributed by atoms with Crippen molar-refractivity contribution in [3.05, 3.63) is 23.7 Å². The lowest BCUT2D eigenvalue weighted by Gasteiger charge is -2.08. The molecule has 0 atom stereocenters. The van der Waals surface area contributed by atoms with Gasteiger partial charge in [-0.2, -0.15) is 0 Å². The first-order chi connectivity index (χ1) is 7.76. The number of ether oxygens (including phenoxy) is 1. The van der Waals surface area contributed by atoms with E-state index >= 15 is 0 Å². The van der Waals surface area contributed by atoms with E-state index in [-0.39, 0.29) is 0 Å². The van der Waals surface area contributed by atoms with Gasteiger partial charge in [-0.25, -0.2) is 4.98 Å². The molecule has 2 aromatic heterocycles. The molecule has 16 heavy (non-hydrogen) atoms. The molecule has 0 amide bonds. The molecular formula is C11H13N3O2. The highest BCUT2D eigenvalue weighted by molar-refractivity contribution is 5.58. The van der Waals surface area contributed by atoms with Crippen LogP contribution in [0, 0.1) is 6.92 Å². The fraction of sp³-hybridized carbons (Fsp3) is 0.364. The van der Waals surface area contributed by atoms with Gasteiger partial charge in [0.2, 0.25) is 18.2 Å². The predicted octanol–water partition coefficient (Wildman–Crippen LogP) is 2.01. The zero-order valence-electron chi connectivity index (χ0n) is 9.52. The third-order valence-electron chi connectivity index (χ3n) is 2.42. The van der Waals surface area contributed by atoms with E-state index in [0.29, 0.717) is 11.8 Å². The molecule has 5 heteroatoms. The molecule has 0 unspecified atom stereocenters. The van der Waals surface area contributed by atoms with Crippen molar-refractivity contribution in [3.8, 4) is 17.3 Å². The lowest BCUT2D eigenvalue weighted by atomic mass is 10.1. The van der Waals surface area contributed by atoms with Gasteiger partial charge >= 0.3 is 0 Å². The summed E-state index contributed by atoms with van der Waals surface area (Å²) in [6.07, 6.45) is 2.15. The molecule has 0 aliphatic heterocycles. The Balaban J connectivity index is 2.55. The summed E-state index contributed by atoms with van der Waals surface area (Å²) in [4.78, 5) is 4.37. The van der Waals surface area contributed by atoms with Crippen LogP contribution in [0.3, 0.4) is 0 Å². The fourth-order valence-electron chi connectivity index (χ4n) is 1.56. The monoisotopic (exact) mass is 219 g/mol. The van der Waals surface area contributed by atoms with Crippen molar-refractivity contribution in [3.63, 3.8) is 0 Å². The summed E-state index contributed by atoms with van der Waals surface area (Å²) in [5.74, 6) is 1.14. The predicted molar refractivity (Wildman–Crippen MR) is 58.2 cm³/mol. The second-order valence-corrected chi connectivity index (χ2v) is 3.39. The minimum absolute atomic E-state index is 0.488. The minimum atomic E-state index is 0.488. The summed E-state index contributed by atoms with van der Waals surface area (Å²) in [6, 6.07) is 1.98. The molecule has 0 aliphatic carbocycles. The van der Waals surface area contributed by atoms with Crippen molar-refractivity contribution in [1.82, 2.24) is 15.2 Å². The van der Waals surface area contributed by atoms with Gasteiger partial charge in [-0.15, -0.1) is 10.2 Å². The van der Waals surface area contributed by atoms with E-state index < -0.39 is 0 Å². The van der Waals surface area contributed by atoms with E-state index in [4.69, 9.17) is 9.15 Å². The first-order valence-electron chi connectivity index (χ1n) is 5.07. The maximum atomic E-state index is 5.21. The van der Waals surface area contributed by atoms with Crippen LogP contribution in [0.4, 0.5) is 0 Å². The van der Waals surface area contributed by atoms with Crippen LogP contribution in [0.25, 0.3) is 11.5 Å². The number of hydrogen-bond acceptors (Lipinski definition) is 5. The number of nitrogens with zero attached hydrogens (tertiary/aromatic N) is 3. The van der Waals surface area contributed by atoms with E-state index in [1.807, 2.05) is 19.9 Å². The molecule has 2 heterocycles. The summed E-state index contributed by atoms with van der Waals surface area (Å²) in [5, 5.41) is 7.54. The first-order valence-corrected chi connectivity index (χ1v) is 5.07. The molecule has 0 spiro atoms. The number of aromatic nitrogens is 3. The molecule has 0 bridgehead atoms. The smallest absolute Gasteiger partial charge is 0.249 e. The van der Waals surface area contributed by atoms with Gasteiger partial charge < -0.3 is 9.15 Å². The maximum Gasteiger partial charge on any atom is 0.249 e. The van der Waals surface area contributed by atoms with Gasteiger partial charge in [0.05, 0.1) is 18.4 Å². The van der Waals surface area contributed by atoms with Crippen molar-refractivity contribution in [1.29, 1.82) is 0 Å². The topological polar surface area (TPSA) is 61.0 Å². The van der Waals surface area contributed by atoms with E-state index in [2.05, 4.69) is 15.2 Å². The van der Waals surface area contributed by atoms with Crippen LogP contribution in [0.2, 0.25) is 0 Å². The standard InChI is InChI=1S/C11H13N3O2/c1-4-8-5-9(11-14-12-6-16-11)7(2)13-10(8)15-3/h5-6H,4H2,1-3H3. The highest BCUT2D eigenvalue weighted by Gasteiger charge is 2.13.